The molecular weight excluding hydrogens is 406 g/mol. The first-order valence-electron chi connectivity index (χ1n) is 9.08. The molecule has 30 heavy (non-hydrogen) atoms. The van der Waals surface area contributed by atoms with Crippen LogP contribution in [0.25, 0.3) is 17.2 Å². The summed E-state index contributed by atoms with van der Waals surface area (Å²) >= 11 is 0.845. The summed E-state index contributed by atoms with van der Waals surface area (Å²) in [4.78, 5) is 41.5. The second-order valence-electron chi connectivity index (χ2n) is 6.50. The Balaban J connectivity index is 1.31. The summed E-state index contributed by atoms with van der Waals surface area (Å²) < 4.78 is 11.0. The molecule has 0 unspecified atom stereocenters. The number of nitrogens with zero attached hydrogens (tertiary/aromatic N) is 2. The fraction of sp³-hybridized carbons (Fsp3) is 0.143. The number of anilines is 1. The van der Waals surface area contributed by atoms with Gasteiger partial charge in [0.2, 0.25) is 0 Å². The molecular formula is C21H17N3O5S. The summed E-state index contributed by atoms with van der Waals surface area (Å²) in [7, 11) is 1.81. The molecule has 0 spiro atoms. The number of benzene rings is 2. The Bertz CT molecular complexity index is 1120. The lowest BCUT2D eigenvalue weighted by molar-refractivity contribution is -0.115. The Morgan fingerprint density at radius 3 is 2.67 bits per heavy atom. The Morgan fingerprint density at radius 1 is 1.20 bits per heavy atom. The topological polar surface area (TPSA) is 102 Å². The van der Waals surface area contributed by atoms with Gasteiger partial charge in [0.05, 0.1) is 17.0 Å². The van der Waals surface area contributed by atoms with Crippen molar-refractivity contribution < 1.29 is 23.5 Å². The molecule has 0 aliphatic carbocycles. The number of amides is 2. The van der Waals surface area contributed by atoms with E-state index >= 15 is 0 Å². The second-order valence-corrected chi connectivity index (χ2v) is 7.51. The summed E-state index contributed by atoms with van der Waals surface area (Å²) in [5.74, 6) is -0.875. The van der Waals surface area contributed by atoms with E-state index in [9.17, 15) is 14.4 Å². The Hall–Kier alpha value is -3.59. The molecule has 1 saturated heterocycles. The Morgan fingerprint density at radius 2 is 1.97 bits per heavy atom. The van der Waals surface area contributed by atoms with Crippen LogP contribution in [0.15, 0.2) is 57.9 Å². The number of aromatic nitrogens is 1. The zero-order valence-corrected chi connectivity index (χ0v) is 16.8. The van der Waals surface area contributed by atoms with Gasteiger partial charge in [-0.2, -0.15) is 4.98 Å². The van der Waals surface area contributed by atoms with E-state index in [2.05, 4.69) is 10.3 Å². The molecule has 1 aliphatic rings. The molecule has 1 aromatic heterocycles. The van der Waals surface area contributed by atoms with Crippen molar-refractivity contribution in [3.8, 4) is 0 Å². The highest BCUT2D eigenvalue weighted by molar-refractivity contribution is 8.18. The second kappa shape index (κ2) is 8.42. The highest BCUT2D eigenvalue weighted by Crippen LogP contribution is 2.25. The summed E-state index contributed by atoms with van der Waals surface area (Å²) in [6.07, 6.45) is 1.59. The van der Waals surface area contributed by atoms with Crippen LogP contribution in [0.4, 0.5) is 10.8 Å². The highest BCUT2D eigenvalue weighted by atomic mass is 32.2. The molecule has 2 amide bonds. The van der Waals surface area contributed by atoms with E-state index in [0.717, 1.165) is 17.3 Å². The Labute approximate surface area is 175 Å². The van der Waals surface area contributed by atoms with Crippen molar-refractivity contribution in [1.82, 2.24) is 10.3 Å². The number of nitrogens with one attached hydrogen (secondary N) is 1. The monoisotopic (exact) mass is 423 g/mol. The molecule has 9 heteroatoms. The van der Waals surface area contributed by atoms with Gasteiger partial charge in [-0.05, 0) is 47.7 Å². The number of ether oxygens (including phenoxy) is 1. The quantitative estimate of drug-likeness (QED) is 0.475. The van der Waals surface area contributed by atoms with Crippen molar-refractivity contribution in [3.05, 3.63) is 64.6 Å². The number of para-hydroxylation sites is 2. The van der Waals surface area contributed by atoms with Gasteiger partial charge in [0, 0.05) is 7.05 Å². The third-order valence-electron chi connectivity index (χ3n) is 4.36. The maximum Gasteiger partial charge on any atom is 0.338 e. The number of hydrogen-bond acceptors (Lipinski definition) is 8. The normalized spacial score (nSPS) is 14.9. The molecule has 0 radical (unpaired) electrons. The third kappa shape index (κ3) is 4.36. The highest BCUT2D eigenvalue weighted by Gasteiger charge is 2.24. The first kappa shape index (κ1) is 19.7. The van der Waals surface area contributed by atoms with Crippen LogP contribution in [0.2, 0.25) is 0 Å². The minimum Gasteiger partial charge on any atom is -0.460 e. The van der Waals surface area contributed by atoms with Crippen molar-refractivity contribution in [2.24, 2.45) is 0 Å². The molecule has 4 rings (SSSR count). The maximum atomic E-state index is 12.2. The van der Waals surface area contributed by atoms with Crippen molar-refractivity contribution >= 4 is 52.1 Å². The third-order valence-corrected chi connectivity index (χ3v) is 5.17. The number of carbonyl (C=O) groups excluding carboxylic acids is 3. The predicted octanol–water partition coefficient (Wildman–Crippen LogP) is 3.44. The van der Waals surface area contributed by atoms with Crippen molar-refractivity contribution in [2.75, 3.05) is 25.1 Å². The van der Waals surface area contributed by atoms with Gasteiger partial charge < -0.3 is 14.1 Å². The largest absolute Gasteiger partial charge is 0.460 e. The Kier molecular flexibility index (Phi) is 5.53. The summed E-state index contributed by atoms with van der Waals surface area (Å²) in [5, 5.41) is 1.80. The fourth-order valence-electron chi connectivity index (χ4n) is 2.77. The molecule has 8 nitrogen and oxygen atoms in total. The fourth-order valence-corrected chi connectivity index (χ4v) is 3.45. The lowest BCUT2D eigenvalue weighted by Crippen LogP contribution is -2.24. The molecule has 1 fully saturated rings. The van der Waals surface area contributed by atoms with Crippen LogP contribution < -0.4 is 10.2 Å². The molecule has 3 aromatic rings. The smallest absolute Gasteiger partial charge is 0.338 e. The first-order valence-corrected chi connectivity index (χ1v) is 9.90. The van der Waals surface area contributed by atoms with Crippen molar-refractivity contribution in [2.45, 2.75) is 0 Å². The minimum absolute atomic E-state index is 0.165. The van der Waals surface area contributed by atoms with E-state index in [1.54, 1.807) is 35.2 Å². The lowest BCUT2D eigenvalue weighted by atomic mass is 10.1. The van der Waals surface area contributed by atoms with Crippen LogP contribution >= 0.6 is 11.8 Å². The van der Waals surface area contributed by atoms with Gasteiger partial charge >= 0.3 is 5.97 Å². The van der Waals surface area contributed by atoms with E-state index in [1.807, 2.05) is 31.3 Å². The van der Waals surface area contributed by atoms with Crippen LogP contribution in [0.5, 0.6) is 0 Å². The molecule has 2 heterocycles. The minimum atomic E-state index is -0.455. The predicted molar refractivity (Wildman–Crippen MR) is 113 cm³/mol. The van der Waals surface area contributed by atoms with Gasteiger partial charge in [-0.25, -0.2) is 4.79 Å². The van der Waals surface area contributed by atoms with Gasteiger partial charge in [-0.15, -0.1) is 0 Å². The lowest BCUT2D eigenvalue weighted by Gasteiger charge is -2.14. The average Bonchev–Trinajstić information content (AvgIpc) is 3.31. The average molecular weight is 423 g/mol. The molecule has 1 aliphatic heterocycles. The first-order chi connectivity index (χ1) is 14.5. The van der Waals surface area contributed by atoms with E-state index in [0.29, 0.717) is 34.2 Å². The number of imide groups is 1. The zero-order chi connectivity index (χ0) is 21.1. The number of fused-ring (bicyclic) bond motifs is 1. The SMILES string of the molecule is CN(CCOC(=O)c1ccc(/C=C2\SC(=O)NC2=O)cc1)c1nc2ccccc2o1. The van der Waals surface area contributed by atoms with E-state index < -0.39 is 17.1 Å². The van der Waals surface area contributed by atoms with Crippen LogP contribution in [0.3, 0.4) is 0 Å². The number of thioether (sulfide) groups is 1. The number of carbonyl (C=O) groups is 3. The molecule has 0 atom stereocenters. The summed E-state index contributed by atoms with van der Waals surface area (Å²) in [6, 6.07) is 14.5. The zero-order valence-electron chi connectivity index (χ0n) is 16.0. The van der Waals surface area contributed by atoms with Gasteiger partial charge in [-0.1, -0.05) is 24.3 Å². The van der Waals surface area contributed by atoms with E-state index in [-0.39, 0.29) is 6.61 Å². The van der Waals surface area contributed by atoms with Gasteiger partial charge in [0.1, 0.15) is 12.1 Å². The standard InChI is InChI=1S/C21H17N3O5S/c1-24(20-22-15-4-2-3-5-16(15)29-20)10-11-28-19(26)14-8-6-13(7-9-14)12-17-18(25)23-21(27)30-17/h2-9,12H,10-11H2,1H3,(H,23,25,27)/b17-12-. The van der Waals surface area contributed by atoms with Gasteiger partial charge in [-0.3, -0.25) is 14.9 Å². The van der Waals surface area contributed by atoms with E-state index in [4.69, 9.17) is 9.15 Å². The van der Waals surface area contributed by atoms with E-state index in [1.165, 1.54) is 0 Å². The van der Waals surface area contributed by atoms with Gasteiger partial charge in [0.15, 0.2) is 5.58 Å². The summed E-state index contributed by atoms with van der Waals surface area (Å²) in [5.41, 5.74) is 2.56. The number of likely N-dealkylation sites (N-methyl/N-ethyl adjacent to an activating group) is 1. The van der Waals surface area contributed by atoms with Crippen LogP contribution in [-0.4, -0.2) is 42.3 Å². The number of rotatable bonds is 6. The van der Waals surface area contributed by atoms with Crippen LogP contribution in [0, 0.1) is 0 Å². The number of oxazole rings is 1. The molecule has 1 N–H and O–H groups in total. The molecule has 2 aromatic carbocycles. The van der Waals surface area contributed by atoms with Crippen molar-refractivity contribution in [1.29, 1.82) is 0 Å². The van der Waals surface area contributed by atoms with Crippen molar-refractivity contribution in [3.63, 3.8) is 0 Å². The number of hydrogen-bond donors (Lipinski definition) is 1. The van der Waals surface area contributed by atoms with Crippen LogP contribution in [0.1, 0.15) is 15.9 Å². The van der Waals surface area contributed by atoms with Crippen LogP contribution in [-0.2, 0) is 9.53 Å². The molecule has 0 saturated carbocycles. The number of esters is 1. The molecule has 152 valence electrons. The molecule has 0 bridgehead atoms. The summed E-state index contributed by atoms with van der Waals surface area (Å²) in [6.45, 7) is 0.585. The van der Waals surface area contributed by atoms with Gasteiger partial charge in [0.25, 0.3) is 17.2 Å². The maximum absolute atomic E-state index is 12.2.